The minimum Gasteiger partial charge on any atom is -0.347 e. The lowest BCUT2D eigenvalue weighted by Gasteiger charge is -2.36. The van der Waals surface area contributed by atoms with Crippen LogP contribution >= 0.6 is 0 Å². The summed E-state index contributed by atoms with van der Waals surface area (Å²) in [5.74, 6) is 0.143. The number of carbonyl (C=O) groups excluding carboxylic acids is 1. The minimum absolute atomic E-state index is 0.143. The van der Waals surface area contributed by atoms with Crippen molar-refractivity contribution in [3.05, 3.63) is 59.4 Å². The number of amides is 1. The van der Waals surface area contributed by atoms with Gasteiger partial charge in [0.2, 0.25) is 0 Å². The van der Waals surface area contributed by atoms with Gasteiger partial charge in [0.15, 0.2) is 0 Å². The number of aryl methyl sites for hydroxylation is 1. The topological polar surface area (TPSA) is 28.5 Å². The van der Waals surface area contributed by atoms with Gasteiger partial charge in [0, 0.05) is 26.3 Å². The van der Waals surface area contributed by atoms with E-state index in [1.165, 1.54) is 17.5 Å². The van der Waals surface area contributed by atoms with Crippen LogP contribution in [0.25, 0.3) is 0 Å². The van der Waals surface area contributed by atoms with Gasteiger partial charge in [-0.3, -0.25) is 4.79 Å². The Morgan fingerprint density at radius 1 is 1.17 bits per heavy atom. The molecule has 2 heterocycles. The average Bonchev–Trinajstić information content (AvgIpc) is 3.00. The number of carbonyl (C=O) groups is 1. The van der Waals surface area contributed by atoms with Crippen molar-refractivity contribution in [3.8, 4) is 0 Å². The number of rotatable bonds is 4. The Labute approximate surface area is 144 Å². The Balaban J connectivity index is 1.82. The fourth-order valence-corrected chi connectivity index (χ4v) is 3.56. The number of piperidine rings is 1. The third-order valence-electron chi connectivity index (χ3n) is 4.79. The highest BCUT2D eigenvalue weighted by atomic mass is 16.2. The lowest BCUT2D eigenvalue weighted by atomic mass is 9.94. The highest BCUT2D eigenvalue weighted by molar-refractivity contribution is 5.93. The van der Waals surface area contributed by atoms with Crippen molar-refractivity contribution in [2.45, 2.75) is 31.8 Å². The number of nitrogens with zero attached hydrogens (tertiary/aromatic N) is 3. The number of aromatic nitrogens is 1. The van der Waals surface area contributed by atoms with Crippen molar-refractivity contribution in [2.75, 3.05) is 20.6 Å². The van der Waals surface area contributed by atoms with E-state index in [1.54, 1.807) is 0 Å². The van der Waals surface area contributed by atoms with E-state index in [-0.39, 0.29) is 11.9 Å². The monoisotopic (exact) mass is 325 g/mol. The Morgan fingerprint density at radius 2 is 1.92 bits per heavy atom. The maximum Gasteiger partial charge on any atom is 0.270 e. The van der Waals surface area contributed by atoms with Gasteiger partial charge in [0.1, 0.15) is 5.69 Å². The van der Waals surface area contributed by atoms with E-state index >= 15 is 0 Å². The highest BCUT2D eigenvalue weighted by Crippen LogP contribution is 2.32. The van der Waals surface area contributed by atoms with E-state index in [9.17, 15) is 4.79 Å². The van der Waals surface area contributed by atoms with Gasteiger partial charge in [0.25, 0.3) is 5.91 Å². The molecule has 1 aliphatic rings. The van der Waals surface area contributed by atoms with Crippen molar-refractivity contribution in [1.29, 1.82) is 0 Å². The average molecular weight is 325 g/mol. The standard InChI is InChI=1S/C20H27N3O/c1-21(2)15-16-9-11-17(12-10-16)18-7-4-5-14-23(18)20(24)19-8-6-13-22(19)3/h6,8-13,18H,4-5,7,14-15H2,1-3H3/t18-/m0/s1. The second-order valence-electron chi connectivity index (χ2n) is 6.99. The molecule has 0 radical (unpaired) electrons. The molecule has 128 valence electrons. The summed E-state index contributed by atoms with van der Waals surface area (Å²) in [6.45, 7) is 1.78. The molecular formula is C20H27N3O. The summed E-state index contributed by atoms with van der Waals surface area (Å²) in [7, 11) is 6.09. The van der Waals surface area contributed by atoms with Gasteiger partial charge in [-0.15, -0.1) is 0 Å². The maximum absolute atomic E-state index is 13.0. The Hall–Kier alpha value is -2.07. The van der Waals surface area contributed by atoms with Crippen LogP contribution < -0.4 is 0 Å². The van der Waals surface area contributed by atoms with Crippen molar-refractivity contribution >= 4 is 5.91 Å². The van der Waals surface area contributed by atoms with Gasteiger partial charge in [-0.2, -0.15) is 0 Å². The van der Waals surface area contributed by atoms with Gasteiger partial charge in [-0.25, -0.2) is 0 Å². The molecule has 1 aromatic heterocycles. The fraction of sp³-hybridized carbons (Fsp3) is 0.450. The molecule has 0 saturated carbocycles. The number of hydrogen-bond donors (Lipinski definition) is 0. The van der Waals surface area contributed by atoms with Gasteiger partial charge >= 0.3 is 0 Å². The summed E-state index contributed by atoms with van der Waals surface area (Å²) >= 11 is 0. The van der Waals surface area contributed by atoms with Gasteiger partial charge in [-0.1, -0.05) is 24.3 Å². The predicted molar refractivity (Wildman–Crippen MR) is 96.9 cm³/mol. The lowest BCUT2D eigenvalue weighted by molar-refractivity contribution is 0.0601. The zero-order valence-electron chi connectivity index (χ0n) is 14.9. The summed E-state index contributed by atoms with van der Waals surface area (Å²) in [6.07, 6.45) is 5.25. The van der Waals surface area contributed by atoms with Crippen molar-refractivity contribution in [3.63, 3.8) is 0 Å². The second kappa shape index (κ2) is 7.22. The maximum atomic E-state index is 13.0. The predicted octanol–water partition coefficient (Wildman–Crippen LogP) is 3.45. The molecule has 1 amide bonds. The summed E-state index contributed by atoms with van der Waals surface area (Å²) in [4.78, 5) is 17.2. The molecule has 3 rings (SSSR count). The summed E-state index contributed by atoms with van der Waals surface area (Å²) in [6, 6.07) is 12.8. The van der Waals surface area contributed by atoms with Crippen LogP contribution in [0.2, 0.25) is 0 Å². The first-order chi connectivity index (χ1) is 11.6. The van der Waals surface area contributed by atoms with Crippen LogP contribution in [0.15, 0.2) is 42.6 Å². The molecule has 0 spiro atoms. The van der Waals surface area contributed by atoms with E-state index in [4.69, 9.17) is 0 Å². The SMILES string of the molecule is CN(C)Cc1ccc([C@@H]2CCCCN2C(=O)c2cccn2C)cc1. The van der Waals surface area contributed by atoms with Gasteiger partial charge in [-0.05, 0) is 56.6 Å². The van der Waals surface area contributed by atoms with Crippen molar-refractivity contribution in [1.82, 2.24) is 14.4 Å². The largest absolute Gasteiger partial charge is 0.347 e. The number of benzene rings is 1. The molecule has 4 heteroatoms. The molecule has 1 aliphatic heterocycles. The van der Waals surface area contributed by atoms with Crippen molar-refractivity contribution < 1.29 is 4.79 Å². The summed E-state index contributed by atoms with van der Waals surface area (Å²) < 4.78 is 1.91. The molecule has 0 unspecified atom stereocenters. The van der Waals surface area contributed by atoms with Crippen LogP contribution in [0.4, 0.5) is 0 Å². The van der Waals surface area contributed by atoms with Crippen LogP contribution in [0, 0.1) is 0 Å². The van der Waals surface area contributed by atoms with E-state index in [0.717, 1.165) is 31.6 Å². The summed E-state index contributed by atoms with van der Waals surface area (Å²) in [5, 5.41) is 0. The molecule has 1 aromatic carbocycles. The van der Waals surface area contributed by atoms with Crippen LogP contribution in [0.5, 0.6) is 0 Å². The van der Waals surface area contributed by atoms with Crippen LogP contribution in [0.3, 0.4) is 0 Å². The van der Waals surface area contributed by atoms with Crippen LogP contribution in [0.1, 0.15) is 46.9 Å². The third kappa shape index (κ3) is 3.54. The normalized spacial score (nSPS) is 18.2. The number of hydrogen-bond acceptors (Lipinski definition) is 2. The Bertz CT molecular complexity index is 687. The molecule has 4 nitrogen and oxygen atoms in total. The molecule has 0 bridgehead atoms. The first kappa shape index (κ1) is 16.8. The van der Waals surface area contributed by atoms with E-state index in [1.807, 2.05) is 29.9 Å². The zero-order valence-corrected chi connectivity index (χ0v) is 14.9. The first-order valence-electron chi connectivity index (χ1n) is 8.72. The second-order valence-corrected chi connectivity index (χ2v) is 6.99. The summed E-state index contributed by atoms with van der Waals surface area (Å²) in [5.41, 5.74) is 3.32. The molecule has 2 aromatic rings. The fourth-order valence-electron chi connectivity index (χ4n) is 3.56. The molecule has 0 N–H and O–H groups in total. The smallest absolute Gasteiger partial charge is 0.270 e. The molecule has 24 heavy (non-hydrogen) atoms. The molecular weight excluding hydrogens is 298 g/mol. The van der Waals surface area contributed by atoms with Gasteiger partial charge in [0.05, 0.1) is 6.04 Å². The minimum atomic E-state index is 0.143. The van der Waals surface area contributed by atoms with Gasteiger partial charge < -0.3 is 14.4 Å². The quantitative estimate of drug-likeness (QED) is 0.861. The lowest BCUT2D eigenvalue weighted by Crippen LogP contribution is -2.39. The number of likely N-dealkylation sites (tertiary alicyclic amines) is 1. The highest BCUT2D eigenvalue weighted by Gasteiger charge is 2.29. The Morgan fingerprint density at radius 3 is 2.54 bits per heavy atom. The van der Waals surface area contributed by atoms with Crippen molar-refractivity contribution in [2.24, 2.45) is 7.05 Å². The van der Waals surface area contributed by atoms with Crippen LogP contribution in [-0.2, 0) is 13.6 Å². The van der Waals surface area contributed by atoms with E-state index in [2.05, 4.69) is 48.2 Å². The van der Waals surface area contributed by atoms with E-state index in [0.29, 0.717) is 0 Å². The third-order valence-corrected chi connectivity index (χ3v) is 4.79. The zero-order chi connectivity index (χ0) is 17.1. The molecule has 1 fully saturated rings. The van der Waals surface area contributed by atoms with Crippen LogP contribution in [-0.4, -0.2) is 40.9 Å². The molecule has 0 aliphatic carbocycles. The Kier molecular flexibility index (Phi) is 5.05. The molecule has 1 atom stereocenters. The molecule has 1 saturated heterocycles. The van der Waals surface area contributed by atoms with E-state index < -0.39 is 0 Å². The first-order valence-corrected chi connectivity index (χ1v) is 8.72.